The lowest BCUT2D eigenvalue weighted by atomic mass is 9.98. The van der Waals surface area contributed by atoms with Crippen molar-refractivity contribution in [3.8, 4) is 5.75 Å². The molecule has 1 aliphatic heterocycles. The molecule has 15 heavy (non-hydrogen) atoms. The summed E-state index contributed by atoms with van der Waals surface area (Å²) in [5.74, 6) is 1.06. The zero-order valence-corrected chi connectivity index (χ0v) is 9.55. The van der Waals surface area contributed by atoms with E-state index < -0.39 is 0 Å². The minimum atomic E-state index is 0.480. The highest BCUT2D eigenvalue weighted by atomic mass is 16.5. The number of hydrogen-bond acceptors (Lipinski definition) is 2. The van der Waals surface area contributed by atoms with Gasteiger partial charge >= 0.3 is 0 Å². The van der Waals surface area contributed by atoms with Crippen molar-refractivity contribution in [1.82, 2.24) is 5.32 Å². The first-order valence-corrected chi connectivity index (χ1v) is 5.78. The van der Waals surface area contributed by atoms with Crippen molar-refractivity contribution in [3.05, 3.63) is 29.3 Å². The number of benzene rings is 1. The van der Waals surface area contributed by atoms with Crippen molar-refractivity contribution in [2.45, 2.75) is 32.7 Å². The molecule has 0 bridgehead atoms. The van der Waals surface area contributed by atoms with Crippen LogP contribution in [0.5, 0.6) is 5.75 Å². The van der Waals surface area contributed by atoms with Gasteiger partial charge in [-0.1, -0.05) is 24.6 Å². The average Bonchev–Trinajstić information content (AvgIpc) is 2.26. The Bertz CT molecular complexity index is 335. The van der Waals surface area contributed by atoms with Gasteiger partial charge in [-0.15, -0.1) is 0 Å². The number of fused-ring (bicyclic) bond motifs is 1. The van der Waals surface area contributed by atoms with Crippen LogP contribution in [0.15, 0.2) is 18.2 Å². The van der Waals surface area contributed by atoms with Gasteiger partial charge in [-0.05, 0) is 26.0 Å². The Labute approximate surface area is 91.6 Å². The smallest absolute Gasteiger partial charge is 0.124 e. The minimum absolute atomic E-state index is 0.480. The van der Waals surface area contributed by atoms with Crippen LogP contribution in [0.3, 0.4) is 0 Å². The summed E-state index contributed by atoms with van der Waals surface area (Å²) in [6, 6.07) is 6.92. The summed E-state index contributed by atoms with van der Waals surface area (Å²) < 4.78 is 5.65. The van der Waals surface area contributed by atoms with Gasteiger partial charge in [0.2, 0.25) is 0 Å². The molecule has 0 aromatic heterocycles. The van der Waals surface area contributed by atoms with Crippen LogP contribution in [0.4, 0.5) is 0 Å². The van der Waals surface area contributed by atoms with E-state index in [4.69, 9.17) is 4.74 Å². The van der Waals surface area contributed by atoms with Gasteiger partial charge in [-0.3, -0.25) is 0 Å². The van der Waals surface area contributed by atoms with E-state index in [-0.39, 0.29) is 0 Å². The molecule has 2 rings (SSSR count). The van der Waals surface area contributed by atoms with E-state index in [9.17, 15) is 0 Å². The summed E-state index contributed by atoms with van der Waals surface area (Å²) in [6.07, 6.45) is 2.26. The van der Waals surface area contributed by atoms with E-state index in [2.05, 4.69) is 37.4 Å². The molecule has 0 radical (unpaired) electrons. The Morgan fingerprint density at radius 3 is 3.13 bits per heavy atom. The summed E-state index contributed by atoms with van der Waals surface area (Å²) in [7, 11) is 0. The molecule has 1 aromatic carbocycles. The molecule has 0 fully saturated rings. The Morgan fingerprint density at radius 1 is 1.47 bits per heavy atom. The van der Waals surface area contributed by atoms with Gasteiger partial charge in [0.15, 0.2) is 0 Å². The van der Waals surface area contributed by atoms with Crippen LogP contribution in [0.1, 0.15) is 36.9 Å². The highest BCUT2D eigenvalue weighted by molar-refractivity contribution is 5.40. The Balaban J connectivity index is 2.20. The highest BCUT2D eigenvalue weighted by Gasteiger charge is 2.20. The molecule has 2 heteroatoms. The van der Waals surface area contributed by atoms with Crippen LogP contribution in [0, 0.1) is 6.92 Å². The summed E-state index contributed by atoms with van der Waals surface area (Å²) in [5, 5.41) is 3.57. The number of rotatable bonds is 3. The first-order chi connectivity index (χ1) is 7.31. The molecule has 0 saturated carbocycles. The third-order valence-electron chi connectivity index (χ3n) is 2.85. The molecular weight excluding hydrogens is 186 g/mol. The molecule has 0 spiro atoms. The molecule has 0 aliphatic carbocycles. The van der Waals surface area contributed by atoms with Crippen molar-refractivity contribution in [2.24, 2.45) is 0 Å². The minimum Gasteiger partial charge on any atom is -0.493 e. The van der Waals surface area contributed by atoms with E-state index in [0.717, 1.165) is 25.3 Å². The van der Waals surface area contributed by atoms with Gasteiger partial charge in [0.05, 0.1) is 6.61 Å². The number of ether oxygens (including phenoxy) is 1. The zero-order valence-electron chi connectivity index (χ0n) is 9.55. The maximum atomic E-state index is 5.65. The second kappa shape index (κ2) is 4.67. The van der Waals surface area contributed by atoms with Gasteiger partial charge in [-0.25, -0.2) is 0 Å². The molecule has 1 N–H and O–H groups in total. The van der Waals surface area contributed by atoms with Crippen LogP contribution in [-0.4, -0.2) is 13.2 Å². The van der Waals surface area contributed by atoms with E-state index in [0.29, 0.717) is 6.04 Å². The van der Waals surface area contributed by atoms with Crippen LogP contribution in [-0.2, 0) is 0 Å². The van der Waals surface area contributed by atoms with Crippen LogP contribution >= 0.6 is 0 Å². The van der Waals surface area contributed by atoms with Gasteiger partial charge in [0.1, 0.15) is 5.75 Å². The predicted octanol–water partition coefficient (Wildman–Crippen LogP) is 2.82. The maximum Gasteiger partial charge on any atom is 0.124 e. The normalized spacial score (nSPS) is 19.5. The molecule has 82 valence electrons. The predicted molar refractivity (Wildman–Crippen MR) is 62.3 cm³/mol. The van der Waals surface area contributed by atoms with Crippen molar-refractivity contribution in [1.29, 1.82) is 0 Å². The lowest BCUT2D eigenvalue weighted by Gasteiger charge is -2.27. The van der Waals surface area contributed by atoms with E-state index in [1.807, 2.05) is 0 Å². The fourth-order valence-corrected chi connectivity index (χ4v) is 2.04. The van der Waals surface area contributed by atoms with E-state index in [1.54, 1.807) is 0 Å². The third-order valence-corrected chi connectivity index (χ3v) is 2.85. The van der Waals surface area contributed by atoms with Crippen molar-refractivity contribution < 1.29 is 4.74 Å². The third kappa shape index (κ3) is 2.32. The number of nitrogens with one attached hydrogen (secondary N) is 1. The van der Waals surface area contributed by atoms with Gasteiger partial charge in [0, 0.05) is 18.0 Å². The quantitative estimate of drug-likeness (QED) is 0.819. The summed E-state index contributed by atoms with van der Waals surface area (Å²) in [5.41, 5.74) is 2.64. The molecular formula is C13H19NO. The monoisotopic (exact) mass is 205 g/mol. The fraction of sp³-hybridized carbons (Fsp3) is 0.538. The van der Waals surface area contributed by atoms with Gasteiger partial charge in [-0.2, -0.15) is 0 Å². The molecule has 1 atom stereocenters. The number of hydrogen-bond donors (Lipinski definition) is 1. The van der Waals surface area contributed by atoms with Crippen molar-refractivity contribution in [3.63, 3.8) is 0 Å². The van der Waals surface area contributed by atoms with Gasteiger partial charge < -0.3 is 10.1 Å². The summed E-state index contributed by atoms with van der Waals surface area (Å²) in [6.45, 7) is 6.24. The molecule has 1 unspecified atom stereocenters. The molecule has 1 heterocycles. The van der Waals surface area contributed by atoms with Crippen LogP contribution in [0.25, 0.3) is 0 Å². The van der Waals surface area contributed by atoms with Crippen molar-refractivity contribution in [2.75, 3.05) is 13.2 Å². The standard InChI is InChI=1S/C13H19NO/c1-3-7-14-12-6-8-15-13-5-4-10(2)9-11(12)13/h4-5,9,12,14H,3,6-8H2,1-2H3. The average molecular weight is 205 g/mol. The Hall–Kier alpha value is -1.02. The Kier molecular flexibility index (Phi) is 3.27. The first kappa shape index (κ1) is 10.5. The summed E-state index contributed by atoms with van der Waals surface area (Å²) in [4.78, 5) is 0. The highest BCUT2D eigenvalue weighted by Crippen LogP contribution is 2.32. The fourth-order valence-electron chi connectivity index (χ4n) is 2.04. The molecule has 1 aromatic rings. The first-order valence-electron chi connectivity index (χ1n) is 5.78. The van der Waals surface area contributed by atoms with E-state index in [1.165, 1.54) is 17.5 Å². The molecule has 1 aliphatic rings. The second-order valence-electron chi connectivity index (χ2n) is 4.19. The van der Waals surface area contributed by atoms with E-state index >= 15 is 0 Å². The maximum absolute atomic E-state index is 5.65. The van der Waals surface area contributed by atoms with Gasteiger partial charge in [0.25, 0.3) is 0 Å². The molecule has 2 nitrogen and oxygen atoms in total. The van der Waals surface area contributed by atoms with Crippen LogP contribution in [0.2, 0.25) is 0 Å². The number of aryl methyl sites for hydroxylation is 1. The topological polar surface area (TPSA) is 21.3 Å². The Morgan fingerprint density at radius 2 is 2.33 bits per heavy atom. The lowest BCUT2D eigenvalue weighted by molar-refractivity contribution is 0.253. The SMILES string of the molecule is CCCNC1CCOc2ccc(C)cc21. The zero-order chi connectivity index (χ0) is 10.7. The second-order valence-corrected chi connectivity index (χ2v) is 4.19. The van der Waals surface area contributed by atoms with Crippen LogP contribution < -0.4 is 10.1 Å². The lowest BCUT2D eigenvalue weighted by Crippen LogP contribution is -2.27. The molecule has 0 saturated heterocycles. The summed E-state index contributed by atoms with van der Waals surface area (Å²) >= 11 is 0. The van der Waals surface area contributed by atoms with Crippen molar-refractivity contribution >= 4 is 0 Å². The largest absolute Gasteiger partial charge is 0.493 e. The molecule has 0 amide bonds.